The van der Waals surface area contributed by atoms with Gasteiger partial charge < -0.3 is 5.32 Å². The lowest BCUT2D eigenvalue weighted by Crippen LogP contribution is -2.35. The SMILES string of the molecule is O=C(NC[C@@H]1CCN(Cc2ccccc2)C1)C1Cc2ccccc2C1. The van der Waals surface area contributed by atoms with Crippen LogP contribution in [0.1, 0.15) is 23.1 Å². The summed E-state index contributed by atoms with van der Waals surface area (Å²) < 4.78 is 0. The monoisotopic (exact) mass is 334 g/mol. The van der Waals surface area contributed by atoms with Gasteiger partial charge in [-0.1, -0.05) is 54.6 Å². The molecule has 1 N–H and O–H groups in total. The number of amides is 1. The van der Waals surface area contributed by atoms with Crippen molar-refractivity contribution in [1.82, 2.24) is 10.2 Å². The molecule has 0 bridgehead atoms. The zero-order valence-electron chi connectivity index (χ0n) is 14.7. The van der Waals surface area contributed by atoms with Gasteiger partial charge in [-0.15, -0.1) is 0 Å². The van der Waals surface area contributed by atoms with Crippen molar-refractivity contribution >= 4 is 5.91 Å². The summed E-state index contributed by atoms with van der Waals surface area (Å²) in [5, 5.41) is 3.22. The number of rotatable bonds is 5. The quantitative estimate of drug-likeness (QED) is 0.911. The number of nitrogens with zero attached hydrogens (tertiary/aromatic N) is 1. The second-order valence-electron chi connectivity index (χ2n) is 7.49. The Kier molecular flexibility index (Phi) is 4.84. The third-order valence-electron chi connectivity index (χ3n) is 5.61. The summed E-state index contributed by atoms with van der Waals surface area (Å²) in [6.45, 7) is 4.05. The smallest absolute Gasteiger partial charge is 0.223 e. The van der Waals surface area contributed by atoms with Crippen LogP contribution in [0.5, 0.6) is 0 Å². The van der Waals surface area contributed by atoms with Crippen molar-refractivity contribution in [1.29, 1.82) is 0 Å². The molecule has 0 radical (unpaired) electrons. The van der Waals surface area contributed by atoms with E-state index in [0.29, 0.717) is 5.92 Å². The molecule has 2 aliphatic rings. The van der Waals surface area contributed by atoms with Crippen LogP contribution in [0, 0.1) is 11.8 Å². The van der Waals surface area contributed by atoms with Crippen LogP contribution in [-0.4, -0.2) is 30.4 Å². The Bertz CT molecular complexity index is 703. The maximum Gasteiger partial charge on any atom is 0.223 e. The van der Waals surface area contributed by atoms with Crippen LogP contribution in [0.4, 0.5) is 0 Å². The third kappa shape index (κ3) is 3.93. The predicted molar refractivity (Wildman–Crippen MR) is 100 cm³/mol. The minimum atomic E-state index is 0.124. The molecule has 2 aromatic carbocycles. The summed E-state index contributed by atoms with van der Waals surface area (Å²) in [6, 6.07) is 19.1. The van der Waals surface area contributed by atoms with Gasteiger partial charge in [0.25, 0.3) is 0 Å². The molecule has 0 saturated carbocycles. The lowest BCUT2D eigenvalue weighted by atomic mass is 10.0. The Labute approximate surface area is 150 Å². The van der Waals surface area contributed by atoms with E-state index in [0.717, 1.165) is 39.0 Å². The first-order valence-corrected chi connectivity index (χ1v) is 9.38. The molecule has 0 aromatic heterocycles. The molecule has 4 rings (SSSR count). The average molecular weight is 334 g/mol. The Morgan fingerprint density at radius 3 is 2.40 bits per heavy atom. The lowest BCUT2D eigenvalue weighted by molar-refractivity contribution is -0.124. The Morgan fingerprint density at radius 2 is 1.68 bits per heavy atom. The molecule has 0 spiro atoms. The van der Waals surface area contributed by atoms with E-state index >= 15 is 0 Å². The molecule has 0 unspecified atom stereocenters. The summed E-state index contributed by atoms with van der Waals surface area (Å²) in [5.74, 6) is 0.938. The molecule has 1 aliphatic heterocycles. The molecule has 1 aliphatic carbocycles. The van der Waals surface area contributed by atoms with E-state index in [-0.39, 0.29) is 11.8 Å². The minimum absolute atomic E-state index is 0.124. The lowest BCUT2D eigenvalue weighted by Gasteiger charge is -2.17. The van der Waals surface area contributed by atoms with Crippen molar-refractivity contribution in [3.8, 4) is 0 Å². The standard InChI is InChI=1S/C22H26N2O/c25-22(21-12-19-8-4-5-9-20(19)13-21)23-14-18-10-11-24(16-18)15-17-6-2-1-3-7-17/h1-9,18,21H,10-16H2,(H,23,25)/t18-/m0/s1. The summed E-state index contributed by atoms with van der Waals surface area (Å²) in [4.78, 5) is 15.0. The molecule has 130 valence electrons. The van der Waals surface area contributed by atoms with E-state index in [1.54, 1.807) is 0 Å². The number of nitrogens with one attached hydrogen (secondary N) is 1. The van der Waals surface area contributed by atoms with Crippen LogP contribution >= 0.6 is 0 Å². The summed E-state index contributed by atoms with van der Waals surface area (Å²) in [7, 11) is 0. The van der Waals surface area contributed by atoms with Crippen molar-refractivity contribution in [3.63, 3.8) is 0 Å². The molecule has 1 amide bonds. The van der Waals surface area contributed by atoms with Crippen molar-refractivity contribution < 1.29 is 4.79 Å². The first-order chi connectivity index (χ1) is 12.3. The van der Waals surface area contributed by atoms with Crippen molar-refractivity contribution in [2.45, 2.75) is 25.8 Å². The van der Waals surface area contributed by atoms with Crippen molar-refractivity contribution in [2.75, 3.05) is 19.6 Å². The molecule has 1 atom stereocenters. The van der Waals surface area contributed by atoms with Gasteiger partial charge in [0.2, 0.25) is 5.91 Å². The van der Waals surface area contributed by atoms with Crippen LogP contribution in [0.25, 0.3) is 0 Å². The summed E-state index contributed by atoms with van der Waals surface area (Å²) in [5.41, 5.74) is 4.06. The molecule has 25 heavy (non-hydrogen) atoms. The van der Waals surface area contributed by atoms with Crippen LogP contribution in [0.15, 0.2) is 54.6 Å². The molecule has 1 fully saturated rings. The summed E-state index contributed by atoms with van der Waals surface area (Å²) in [6.07, 6.45) is 2.97. The molecular weight excluding hydrogens is 308 g/mol. The van der Waals surface area contributed by atoms with Crippen molar-refractivity contribution in [3.05, 3.63) is 71.3 Å². The maximum atomic E-state index is 12.5. The van der Waals surface area contributed by atoms with E-state index in [1.807, 2.05) is 0 Å². The minimum Gasteiger partial charge on any atom is -0.356 e. The fraction of sp³-hybridized carbons (Fsp3) is 0.409. The number of benzene rings is 2. The van der Waals surface area contributed by atoms with Crippen LogP contribution < -0.4 is 5.32 Å². The van der Waals surface area contributed by atoms with Crippen LogP contribution in [0.3, 0.4) is 0 Å². The fourth-order valence-electron chi connectivity index (χ4n) is 4.20. The van der Waals surface area contributed by atoms with E-state index in [1.165, 1.54) is 23.1 Å². The molecule has 2 aromatic rings. The van der Waals surface area contributed by atoms with Crippen LogP contribution in [-0.2, 0) is 24.2 Å². The largest absolute Gasteiger partial charge is 0.356 e. The van der Waals surface area contributed by atoms with Crippen molar-refractivity contribution in [2.24, 2.45) is 11.8 Å². The van der Waals surface area contributed by atoms with Gasteiger partial charge in [0.05, 0.1) is 0 Å². The van der Waals surface area contributed by atoms with Gasteiger partial charge >= 0.3 is 0 Å². The number of hydrogen-bond donors (Lipinski definition) is 1. The van der Waals surface area contributed by atoms with Gasteiger partial charge in [-0.3, -0.25) is 9.69 Å². The van der Waals surface area contributed by atoms with Gasteiger partial charge in [-0.2, -0.15) is 0 Å². The molecule has 3 heteroatoms. The number of hydrogen-bond acceptors (Lipinski definition) is 2. The van der Waals surface area contributed by atoms with E-state index in [9.17, 15) is 4.79 Å². The number of fused-ring (bicyclic) bond motifs is 1. The van der Waals surface area contributed by atoms with E-state index in [2.05, 4.69) is 64.8 Å². The van der Waals surface area contributed by atoms with Gasteiger partial charge in [0, 0.05) is 25.6 Å². The summed E-state index contributed by atoms with van der Waals surface area (Å²) >= 11 is 0. The highest BCUT2D eigenvalue weighted by molar-refractivity contribution is 5.80. The number of carbonyl (C=O) groups is 1. The average Bonchev–Trinajstić information content (AvgIpc) is 3.27. The molecule has 3 nitrogen and oxygen atoms in total. The number of likely N-dealkylation sites (tertiary alicyclic amines) is 1. The van der Waals surface area contributed by atoms with Gasteiger partial charge in [0.1, 0.15) is 0 Å². The molecule has 1 saturated heterocycles. The molecular formula is C22H26N2O. The highest BCUT2D eigenvalue weighted by atomic mass is 16.1. The van der Waals surface area contributed by atoms with E-state index < -0.39 is 0 Å². The molecule has 1 heterocycles. The Balaban J connectivity index is 1.22. The highest BCUT2D eigenvalue weighted by Gasteiger charge is 2.28. The highest BCUT2D eigenvalue weighted by Crippen LogP contribution is 2.26. The zero-order valence-corrected chi connectivity index (χ0v) is 14.7. The Hall–Kier alpha value is -2.13. The first kappa shape index (κ1) is 16.3. The van der Waals surface area contributed by atoms with E-state index in [4.69, 9.17) is 0 Å². The second kappa shape index (κ2) is 7.40. The predicted octanol–water partition coefficient (Wildman–Crippen LogP) is 3.04. The Morgan fingerprint density at radius 1 is 1.00 bits per heavy atom. The zero-order chi connectivity index (χ0) is 17.1. The van der Waals surface area contributed by atoms with Gasteiger partial charge in [-0.25, -0.2) is 0 Å². The third-order valence-corrected chi connectivity index (χ3v) is 5.61. The fourth-order valence-corrected chi connectivity index (χ4v) is 4.20. The second-order valence-corrected chi connectivity index (χ2v) is 7.49. The van der Waals surface area contributed by atoms with Gasteiger partial charge in [-0.05, 0) is 48.4 Å². The number of carbonyl (C=O) groups excluding carboxylic acids is 1. The maximum absolute atomic E-state index is 12.5. The van der Waals surface area contributed by atoms with Gasteiger partial charge in [0.15, 0.2) is 0 Å². The first-order valence-electron chi connectivity index (χ1n) is 9.38. The van der Waals surface area contributed by atoms with Crippen LogP contribution in [0.2, 0.25) is 0 Å². The topological polar surface area (TPSA) is 32.3 Å². The normalized spacial score (nSPS) is 20.6.